The third-order valence-electron chi connectivity index (χ3n) is 3.61. The molecule has 0 radical (unpaired) electrons. The Morgan fingerprint density at radius 3 is 2.52 bits per heavy atom. The van der Waals surface area contributed by atoms with Crippen LogP contribution in [0.15, 0.2) is 42.5 Å². The average molecular weight is 359 g/mol. The van der Waals surface area contributed by atoms with Gasteiger partial charge >= 0.3 is 0 Å². The molecular weight excluding hydrogens is 344 g/mol. The zero-order chi connectivity index (χ0) is 18.0. The fourth-order valence-corrected chi connectivity index (χ4v) is 3.12. The molecule has 1 amide bonds. The van der Waals surface area contributed by atoms with Gasteiger partial charge in [0.15, 0.2) is 5.13 Å². The number of hydrogen-bond acceptors (Lipinski definition) is 4. The standard InChI is InChI=1S/C18H15F2N3OS/c1-10-14(20)4-3-5-15(10)23-17(24)16-11(2)21-18(25-16)22-13-8-6-12(19)7-9-13/h3-9H,1-2H3,(H,21,22)(H,23,24). The summed E-state index contributed by atoms with van der Waals surface area (Å²) < 4.78 is 26.5. The molecule has 0 aliphatic carbocycles. The third-order valence-corrected chi connectivity index (χ3v) is 4.69. The molecule has 2 aromatic carbocycles. The summed E-state index contributed by atoms with van der Waals surface area (Å²) >= 11 is 1.17. The SMILES string of the molecule is Cc1nc(Nc2ccc(F)cc2)sc1C(=O)Nc1cccc(F)c1C. The number of thiazole rings is 1. The van der Waals surface area contributed by atoms with Crippen LogP contribution in [0, 0.1) is 25.5 Å². The summed E-state index contributed by atoms with van der Waals surface area (Å²) in [4.78, 5) is 17.2. The number of rotatable bonds is 4. The van der Waals surface area contributed by atoms with Crippen molar-refractivity contribution in [3.8, 4) is 0 Å². The lowest BCUT2D eigenvalue weighted by molar-refractivity contribution is 0.102. The summed E-state index contributed by atoms with van der Waals surface area (Å²) in [6.45, 7) is 3.33. The van der Waals surface area contributed by atoms with E-state index in [9.17, 15) is 13.6 Å². The first-order valence-electron chi connectivity index (χ1n) is 7.50. The second kappa shape index (κ2) is 6.98. The number of aromatic nitrogens is 1. The molecular formula is C18H15F2N3OS. The van der Waals surface area contributed by atoms with Gasteiger partial charge in [-0.05, 0) is 50.2 Å². The first-order valence-corrected chi connectivity index (χ1v) is 8.32. The van der Waals surface area contributed by atoms with Crippen LogP contribution < -0.4 is 10.6 Å². The highest BCUT2D eigenvalue weighted by Gasteiger charge is 2.17. The molecule has 0 saturated heterocycles. The van der Waals surface area contributed by atoms with Crippen LogP contribution in [0.1, 0.15) is 20.9 Å². The quantitative estimate of drug-likeness (QED) is 0.687. The Balaban J connectivity index is 1.78. The molecule has 0 atom stereocenters. The first kappa shape index (κ1) is 17.0. The predicted octanol–water partition coefficient (Wildman–Crippen LogP) is 5.03. The molecule has 3 aromatic rings. The highest BCUT2D eigenvalue weighted by atomic mass is 32.1. The van der Waals surface area contributed by atoms with E-state index in [1.54, 1.807) is 38.1 Å². The molecule has 0 bridgehead atoms. The summed E-state index contributed by atoms with van der Waals surface area (Å²) in [6.07, 6.45) is 0. The van der Waals surface area contributed by atoms with Crippen LogP contribution in [0.3, 0.4) is 0 Å². The van der Waals surface area contributed by atoms with E-state index in [1.807, 2.05) is 0 Å². The monoisotopic (exact) mass is 359 g/mol. The Kier molecular flexibility index (Phi) is 4.76. The van der Waals surface area contributed by atoms with Gasteiger partial charge in [-0.1, -0.05) is 17.4 Å². The molecule has 0 spiro atoms. The number of amides is 1. The summed E-state index contributed by atoms with van der Waals surface area (Å²) in [5.74, 6) is -1.06. The van der Waals surface area contributed by atoms with Crippen molar-refractivity contribution in [3.05, 3.63) is 70.2 Å². The number of nitrogens with zero attached hydrogens (tertiary/aromatic N) is 1. The number of benzene rings is 2. The van der Waals surface area contributed by atoms with Crippen LogP contribution in [0.4, 0.5) is 25.3 Å². The largest absolute Gasteiger partial charge is 0.332 e. The first-order chi connectivity index (χ1) is 11.9. The van der Waals surface area contributed by atoms with Crippen molar-refractivity contribution in [2.24, 2.45) is 0 Å². The number of hydrogen-bond donors (Lipinski definition) is 2. The number of carbonyl (C=O) groups is 1. The van der Waals surface area contributed by atoms with Crippen molar-refractivity contribution >= 4 is 33.8 Å². The van der Waals surface area contributed by atoms with Gasteiger partial charge in [0.25, 0.3) is 5.91 Å². The Morgan fingerprint density at radius 1 is 1.08 bits per heavy atom. The topological polar surface area (TPSA) is 54.0 Å². The maximum Gasteiger partial charge on any atom is 0.267 e. The molecule has 1 heterocycles. The molecule has 0 saturated carbocycles. The molecule has 1 aromatic heterocycles. The molecule has 0 aliphatic heterocycles. The summed E-state index contributed by atoms with van der Waals surface area (Å²) in [5, 5.41) is 6.26. The van der Waals surface area contributed by atoms with E-state index in [0.717, 1.165) is 0 Å². The van der Waals surface area contributed by atoms with Crippen LogP contribution in [0.2, 0.25) is 0 Å². The maximum absolute atomic E-state index is 13.6. The van der Waals surface area contributed by atoms with Gasteiger partial charge in [0.05, 0.1) is 5.69 Å². The fourth-order valence-electron chi connectivity index (χ4n) is 2.24. The molecule has 3 rings (SSSR count). The maximum atomic E-state index is 13.6. The van der Waals surface area contributed by atoms with Gasteiger partial charge in [-0.15, -0.1) is 0 Å². The van der Waals surface area contributed by atoms with E-state index in [-0.39, 0.29) is 17.5 Å². The lowest BCUT2D eigenvalue weighted by atomic mass is 10.2. The highest BCUT2D eigenvalue weighted by molar-refractivity contribution is 7.17. The fraction of sp³-hybridized carbons (Fsp3) is 0.111. The van der Waals surface area contributed by atoms with E-state index in [1.165, 1.54) is 29.5 Å². The van der Waals surface area contributed by atoms with Gasteiger partial charge in [-0.25, -0.2) is 13.8 Å². The number of halogens is 2. The molecule has 25 heavy (non-hydrogen) atoms. The second-order valence-electron chi connectivity index (χ2n) is 5.43. The van der Waals surface area contributed by atoms with Crippen LogP contribution in [0.25, 0.3) is 0 Å². The van der Waals surface area contributed by atoms with Gasteiger partial charge in [0, 0.05) is 16.9 Å². The number of carbonyl (C=O) groups excluding carboxylic acids is 1. The molecule has 4 nitrogen and oxygen atoms in total. The van der Waals surface area contributed by atoms with Crippen molar-refractivity contribution in [1.82, 2.24) is 4.98 Å². The van der Waals surface area contributed by atoms with Crippen LogP contribution >= 0.6 is 11.3 Å². The highest BCUT2D eigenvalue weighted by Crippen LogP contribution is 2.27. The van der Waals surface area contributed by atoms with Crippen molar-refractivity contribution in [3.63, 3.8) is 0 Å². The molecule has 2 N–H and O–H groups in total. The second-order valence-corrected chi connectivity index (χ2v) is 6.43. The van der Waals surface area contributed by atoms with E-state index in [4.69, 9.17) is 0 Å². The van der Waals surface area contributed by atoms with Crippen molar-refractivity contribution in [1.29, 1.82) is 0 Å². The molecule has 128 valence electrons. The number of anilines is 3. The average Bonchev–Trinajstić information content (AvgIpc) is 2.94. The zero-order valence-corrected chi connectivity index (χ0v) is 14.4. The Labute approximate surface area is 147 Å². The zero-order valence-electron chi connectivity index (χ0n) is 13.6. The van der Waals surface area contributed by atoms with E-state index < -0.39 is 0 Å². The van der Waals surface area contributed by atoms with Crippen LogP contribution in [-0.2, 0) is 0 Å². The van der Waals surface area contributed by atoms with E-state index in [2.05, 4.69) is 15.6 Å². The lowest BCUT2D eigenvalue weighted by Gasteiger charge is -2.08. The molecule has 0 aliphatic rings. The normalized spacial score (nSPS) is 10.6. The minimum Gasteiger partial charge on any atom is -0.332 e. The molecule has 0 fully saturated rings. The smallest absolute Gasteiger partial charge is 0.267 e. The van der Waals surface area contributed by atoms with Gasteiger partial charge in [-0.2, -0.15) is 0 Å². The number of aryl methyl sites for hydroxylation is 1. The van der Waals surface area contributed by atoms with Crippen molar-refractivity contribution in [2.45, 2.75) is 13.8 Å². The van der Waals surface area contributed by atoms with E-state index >= 15 is 0 Å². The van der Waals surface area contributed by atoms with Gasteiger partial charge < -0.3 is 10.6 Å². The van der Waals surface area contributed by atoms with E-state index in [0.29, 0.717) is 32.6 Å². The van der Waals surface area contributed by atoms with Gasteiger partial charge in [-0.3, -0.25) is 4.79 Å². The minimum absolute atomic E-state index is 0.327. The summed E-state index contributed by atoms with van der Waals surface area (Å²) in [6, 6.07) is 10.4. The summed E-state index contributed by atoms with van der Waals surface area (Å²) in [7, 11) is 0. The molecule has 0 unspecified atom stereocenters. The number of nitrogens with one attached hydrogen (secondary N) is 2. The van der Waals surface area contributed by atoms with Gasteiger partial charge in [0.1, 0.15) is 16.5 Å². The minimum atomic E-state index is -0.377. The Hall–Kier alpha value is -2.80. The summed E-state index contributed by atoms with van der Waals surface area (Å²) in [5.41, 5.74) is 2.03. The molecule has 7 heteroatoms. The predicted molar refractivity (Wildman–Crippen MR) is 95.6 cm³/mol. The Morgan fingerprint density at radius 2 is 1.80 bits per heavy atom. The van der Waals surface area contributed by atoms with Crippen LogP contribution in [-0.4, -0.2) is 10.9 Å². The van der Waals surface area contributed by atoms with Crippen molar-refractivity contribution < 1.29 is 13.6 Å². The van der Waals surface area contributed by atoms with Crippen LogP contribution in [0.5, 0.6) is 0 Å². The van der Waals surface area contributed by atoms with Gasteiger partial charge in [0.2, 0.25) is 0 Å². The third kappa shape index (κ3) is 3.83. The lowest BCUT2D eigenvalue weighted by Crippen LogP contribution is -2.12. The van der Waals surface area contributed by atoms with Crippen molar-refractivity contribution in [2.75, 3.05) is 10.6 Å². The Bertz CT molecular complexity index is 923.